The van der Waals surface area contributed by atoms with Crippen LogP contribution in [0.5, 0.6) is 0 Å². The number of piperazine rings is 1. The van der Waals surface area contributed by atoms with E-state index in [0.717, 1.165) is 11.3 Å². The van der Waals surface area contributed by atoms with Gasteiger partial charge in [-0.25, -0.2) is 0 Å². The Morgan fingerprint density at radius 2 is 1.80 bits per heavy atom. The number of carbonyl (C=O) groups is 2. The maximum Gasteiger partial charge on any atom is 0.248 e. The number of amides is 2. The van der Waals surface area contributed by atoms with E-state index in [1.807, 2.05) is 38.1 Å². The van der Waals surface area contributed by atoms with Gasteiger partial charge in [-0.3, -0.25) is 14.5 Å². The standard InChI is InChI=1S/C15H17N3O2/c1-11-4-5-13(8-12(11)2)17-9-14(19)18(7-3-6-16)15(20)10-17/h4-5,8H,3,7,9-10H2,1-2H3. The molecule has 0 unspecified atom stereocenters. The van der Waals surface area contributed by atoms with Crippen LogP contribution in [0.1, 0.15) is 17.5 Å². The summed E-state index contributed by atoms with van der Waals surface area (Å²) in [6.45, 7) is 4.58. The fraction of sp³-hybridized carbons (Fsp3) is 0.400. The second kappa shape index (κ2) is 5.74. The summed E-state index contributed by atoms with van der Waals surface area (Å²) in [4.78, 5) is 27.0. The van der Waals surface area contributed by atoms with E-state index in [0.29, 0.717) is 0 Å². The molecular formula is C15H17N3O2. The van der Waals surface area contributed by atoms with Crippen LogP contribution in [0.4, 0.5) is 5.69 Å². The zero-order chi connectivity index (χ0) is 14.7. The Morgan fingerprint density at radius 3 is 2.35 bits per heavy atom. The van der Waals surface area contributed by atoms with Gasteiger partial charge >= 0.3 is 0 Å². The molecule has 1 heterocycles. The zero-order valence-electron chi connectivity index (χ0n) is 11.7. The van der Waals surface area contributed by atoms with Crippen molar-refractivity contribution < 1.29 is 9.59 Å². The van der Waals surface area contributed by atoms with E-state index in [4.69, 9.17) is 5.26 Å². The first-order chi connectivity index (χ1) is 9.52. The number of hydrogen-bond acceptors (Lipinski definition) is 4. The highest BCUT2D eigenvalue weighted by molar-refractivity contribution is 6.02. The fourth-order valence-corrected chi connectivity index (χ4v) is 2.21. The minimum atomic E-state index is -0.241. The lowest BCUT2D eigenvalue weighted by Crippen LogP contribution is -2.54. The fourth-order valence-electron chi connectivity index (χ4n) is 2.21. The third-order valence-corrected chi connectivity index (χ3v) is 3.56. The van der Waals surface area contributed by atoms with Gasteiger partial charge in [0, 0.05) is 12.2 Å². The van der Waals surface area contributed by atoms with E-state index < -0.39 is 0 Å². The third-order valence-electron chi connectivity index (χ3n) is 3.56. The average molecular weight is 271 g/mol. The quantitative estimate of drug-likeness (QED) is 0.779. The molecule has 1 fully saturated rings. The molecule has 0 atom stereocenters. The highest BCUT2D eigenvalue weighted by atomic mass is 16.2. The van der Waals surface area contributed by atoms with Crippen molar-refractivity contribution >= 4 is 17.5 Å². The summed E-state index contributed by atoms with van der Waals surface area (Å²) in [6, 6.07) is 7.85. The van der Waals surface area contributed by atoms with Crippen LogP contribution in [-0.2, 0) is 9.59 Å². The van der Waals surface area contributed by atoms with Crippen molar-refractivity contribution in [3.05, 3.63) is 29.3 Å². The molecule has 0 aromatic heterocycles. The van der Waals surface area contributed by atoms with Crippen LogP contribution >= 0.6 is 0 Å². The van der Waals surface area contributed by atoms with Crippen molar-refractivity contribution in [2.24, 2.45) is 0 Å². The highest BCUT2D eigenvalue weighted by Crippen LogP contribution is 2.21. The van der Waals surface area contributed by atoms with Gasteiger partial charge in [0.1, 0.15) is 0 Å². The van der Waals surface area contributed by atoms with E-state index in [-0.39, 0.29) is 37.9 Å². The smallest absolute Gasteiger partial charge is 0.248 e. The molecule has 0 aliphatic carbocycles. The molecule has 5 nitrogen and oxygen atoms in total. The van der Waals surface area contributed by atoms with Crippen LogP contribution < -0.4 is 4.90 Å². The number of nitriles is 1. The monoisotopic (exact) mass is 271 g/mol. The van der Waals surface area contributed by atoms with Gasteiger partial charge in [0.05, 0.1) is 25.6 Å². The van der Waals surface area contributed by atoms with E-state index in [9.17, 15) is 9.59 Å². The summed E-state index contributed by atoms with van der Waals surface area (Å²) in [5.74, 6) is -0.482. The summed E-state index contributed by atoms with van der Waals surface area (Å²) >= 11 is 0. The first-order valence-electron chi connectivity index (χ1n) is 6.55. The first-order valence-corrected chi connectivity index (χ1v) is 6.55. The number of hydrogen-bond donors (Lipinski definition) is 0. The molecule has 0 spiro atoms. The molecule has 1 aromatic carbocycles. The van der Waals surface area contributed by atoms with Crippen LogP contribution in [0.3, 0.4) is 0 Å². The van der Waals surface area contributed by atoms with Gasteiger partial charge in [-0.1, -0.05) is 6.07 Å². The molecule has 0 bridgehead atoms. The molecular weight excluding hydrogens is 254 g/mol. The molecule has 2 amide bonds. The van der Waals surface area contributed by atoms with E-state index in [2.05, 4.69) is 0 Å². The van der Waals surface area contributed by atoms with Gasteiger partial charge in [0.15, 0.2) is 0 Å². The van der Waals surface area contributed by atoms with Crippen LogP contribution in [0.2, 0.25) is 0 Å². The largest absolute Gasteiger partial charge is 0.353 e. The Balaban J connectivity index is 2.14. The average Bonchev–Trinajstić information content (AvgIpc) is 2.41. The maximum atomic E-state index is 12.0. The van der Waals surface area contributed by atoms with Gasteiger partial charge < -0.3 is 4.90 Å². The molecule has 1 saturated heterocycles. The van der Waals surface area contributed by atoms with Gasteiger partial charge in [-0.15, -0.1) is 0 Å². The molecule has 0 saturated carbocycles. The predicted octanol–water partition coefficient (Wildman–Crippen LogP) is 1.39. The topological polar surface area (TPSA) is 64.4 Å². The van der Waals surface area contributed by atoms with Gasteiger partial charge in [0.2, 0.25) is 11.8 Å². The van der Waals surface area contributed by atoms with E-state index in [1.54, 1.807) is 4.90 Å². The van der Waals surface area contributed by atoms with Gasteiger partial charge in [0.25, 0.3) is 0 Å². The molecule has 0 radical (unpaired) electrons. The Morgan fingerprint density at radius 1 is 1.15 bits per heavy atom. The SMILES string of the molecule is Cc1ccc(N2CC(=O)N(CCC#N)C(=O)C2)cc1C. The lowest BCUT2D eigenvalue weighted by Gasteiger charge is -2.33. The molecule has 1 aromatic rings. The maximum absolute atomic E-state index is 12.0. The number of rotatable bonds is 3. The van der Waals surface area contributed by atoms with Crippen molar-refractivity contribution in [1.82, 2.24) is 4.90 Å². The van der Waals surface area contributed by atoms with E-state index >= 15 is 0 Å². The summed E-state index contributed by atoms with van der Waals surface area (Å²) in [7, 11) is 0. The molecule has 1 aliphatic heterocycles. The minimum absolute atomic E-state index is 0.180. The number of nitrogens with zero attached hydrogens (tertiary/aromatic N) is 3. The van der Waals surface area contributed by atoms with Crippen molar-refractivity contribution in [1.29, 1.82) is 5.26 Å². The molecule has 104 valence electrons. The minimum Gasteiger partial charge on any atom is -0.353 e. The predicted molar refractivity (Wildman–Crippen MR) is 75.1 cm³/mol. The van der Waals surface area contributed by atoms with Crippen LogP contribution in [0.25, 0.3) is 0 Å². The van der Waals surface area contributed by atoms with Crippen molar-refractivity contribution in [2.45, 2.75) is 20.3 Å². The Bertz CT molecular complexity index is 571. The molecule has 0 N–H and O–H groups in total. The van der Waals surface area contributed by atoms with Gasteiger partial charge in [-0.2, -0.15) is 5.26 Å². The van der Waals surface area contributed by atoms with Crippen molar-refractivity contribution in [3.8, 4) is 6.07 Å². The molecule has 2 rings (SSSR count). The van der Waals surface area contributed by atoms with Crippen molar-refractivity contribution in [3.63, 3.8) is 0 Å². The Hall–Kier alpha value is -2.35. The van der Waals surface area contributed by atoms with Crippen LogP contribution in [-0.4, -0.2) is 36.3 Å². The number of anilines is 1. The summed E-state index contributed by atoms with van der Waals surface area (Å²) < 4.78 is 0. The van der Waals surface area contributed by atoms with E-state index in [1.165, 1.54) is 10.5 Å². The van der Waals surface area contributed by atoms with Crippen LogP contribution in [0.15, 0.2) is 18.2 Å². The number of carbonyl (C=O) groups excluding carboxylic acids is 2. The molecule has 1 aliphatic rings. The van der Waals surface area contributed by atoms with Crippen LogP contribution in [0, 0.1) is 25.2 Å². The lowest BCUT2D eigenvalue weighted by atomic mass is 10.1. The Labute approximate surface area is 118 Å². The summed E-state index contributed by atoms with van der Waals surface area (Å²) in [5.41, 5.74) is 3.20. The second-order valence-corrected chi connectivity index (χ2v) is 4.97. The normalized spacial score (nSPS) is 15.4. The molecule has 20 heavy (non-hydrogen) atoms. The summed E-state index contributed by atoms with van der Waals surface area (Å²) in [6.07, 6.45) is 0.182. The highest BCUT2D eigenvalue weighted by Gasteiger charge is 2.30. The summed E-state index contributed by atoms with van der Waals surface area (Å²) in [5, 5.41) is 8.55. The second-order valence-electron chi connectivity index (χ2n) is 4.97. The van der Waals surface area contributed by atoms with Crippen molar-refractivity contribution in [2.75, 3.05) is 24.5 Å². The number of benzene rings is 1. The van der Waals surface area contributed by atoms with Gasteiger partial charge in [-0.05, 0) is 37.1 Å². The first kappa shape index (κ1) is 14.1. The Kier molecular flexibility index (Phi) is 4.04. The lowest BCUT2D eigenvalue weighted by molar-refractivity contribution is -0.145. The zero-order valence-corrected chi connectivity index (χ0v) is 11.7. The third kappa shape index (κ3) is 2.80. The molecule has 5 heteroatoms. The number of aryl methyl sites for hydroxylation is 2. The number of imide groups is 1.